The minimum Gasteiger partial charge on any atom is -0.480 e. The highest BCUT2D eigenvalue weighted by atomic mass is 16.5. The van der Waals surface area contributed by atoms with Gasteiger partial charge in [0, 0.05) is 13.0 Å². The Morgan fingerprint density at radius 2 is 1.27 bits per heavy atom. The van der Waals surface area contributed by atoms with E-state index in [9.17, 15) is 0 Å². The summed E-state index contributed by atoms with van der Waals surface area (Å²) in [6.45, 7) is 1.44. The van der Waals surface area contributed by atoms with Crippen LogP contribution in [0.1, 0.15) is 23.1 Å². The summed E-state index contributed by atoms with van der Waals surface area (Å²) in [5.41, 5.74) is 3.53. The first-order valence-electron chi connectivity index (χ1n) is 9.22. The molecule has 0 amide bonds. The summed E-state index contributed by atoms with van der Waals surface area (Å²) in [5.74, 6) is 0.853. The average Bonchev–Trinajstić information content (AvgIpc) is 3.15. The maximum absolute atomic E-state index is 6.07. The molecule has 0 N–H and O–H groups in total. The highest BCUT2D eigenvalue weighted by Gasteiger charge is 2.45. The molecule has 0 unspecified atom stereocenters. The van der Waals surface area contributed by atoms with Crippen LogP contribution in [0, 0.1) is 0 Å². The van der Waals surface area contributed by atoms with E-state index in [1.54, 1.807) is 0 Å². The molecule has 1 aliphatic heterocycles. The van der Waals surface area contributed by atoms with Crippen LogP contribution in [0.15, 0.2) is 96.0 Å². The first kappa shape index (κ1) is 16.6. The summed E-state index contributed by atoms with van der Waals surface area (Å²) in [6, 6.07) is 31.8. The van der Waals surface area contributed by atoms with Crippen molar-refractivity contribution in [3.05, 3.63) is 108 Å². The summed E-state index contributed by atoms with van der Waals surface area (Å²) in [6.07, 6.45) is 1.85. The van der Waals surface area contributed by atoms with E-state index in [0.29, 0.717) is 6.61 Å². The van der Waals surface area contributed by atoms with Gasteiger partial charge in [-0.3, -0.25) is 4.99 Å². The van der Waals surface area contributed by atoms with Gasteiger partial charge >= 0.3 is 0 Å². The monoisotopic (exact) mass is 341 g/mol. The molecule has 0 radical (unpaired) electrons. The molecule has 1 aliphatic rings. The fourth-order valence-electron chi connectivity index (χ4n) is 3.79. The molecule has 0 aliphatic carbocycles. The molecule has 2 heteroatoms. The fourth-order valence-corrected chi connectivity index (χ4v) is 3.79. The average molecular weight is 341 g/mol. The molecule has 3 aromatic carbocycles. The molecule has 1 fully saturated rings. The van der Waals surface area contributed by atoms with E-state index in [1.165, 1.54) is 16.7 Å². The molecule has 1 saturated heterocycles. The third-order valence-corrected chi connectivity index (χ3v) is 5.11. The van der Waals surface area contributed by atoms with Gasteiger partial charge in [0.25, 0.3) is 0 Å². The van der Waals surface area contributed by atoms with Crippen molar-refractivity contribution in [3.8, 4) is 0 Å². The van der Waals surface area contributed by atoms with E-state index in [4.69, 9.17) is 9.73 Å². The smallest absolute Gasteiger partial charge is 0.198 e. The summed E-state index contributed by atoms with van der Waals surface area (Å²) >= 11 is 0. The Balaban J connectivity index is 1.69. The van der Waals surface area contributed by atoms with Gasteiger partial charge in [0.2, 0.25) is 0 Å². The van der Waals surface area contributed by atoms with Gasteiger partial charge < -0.3 is 4.74 Å². The van der Waals surface area contributed by atoms with Crippen LogP contribution >= 0.6 is 0 Å². The quantitative estimate of drug-likeness (QED) is 0.637. The Kier molecular flexibility index (Phi) is 4.83. The van der Waals surface area contributed by atoms with Gasteiger partial charge in [-0.2, -0.15) is 0 Å². The number of nitrogens with zero attached hydrogens (tertiary/aromatic N) is 1. The largest absolute Gasteiger partial charge is 0.480 e. The predicted octanol–water partition coefficient (Wildman–Crippen LogP) is 5.03. The molecule has 3 aromatic rings. The Hall–Kier alpha value is -2.87. The first-order chi connectivity index (χ1) is 12.9. The molecular weight excluding hydrogens is 318 g/mol. The van der Waals surface area contributed by atoms with Crippen molar-refractivity contribution in [2.45, 2.75) is 18.3 Å². The van der Waals surface area contributed by atoms with Crippen molar-refractivity contribution < 1.29 is 4.74 Å². The number of aliphatic imine (C=N–C) groups is 1. The molecule has 26 heavy (non-hydrogen) atoms. The molecule has 0 atom stereocenters. The zero-order valence-electron chi connectivity index (χ0n) is 14.8. The molecule has 1 heterocycles. The Morgan fingerprint density at radius 1 is 0.731 bits per heavy atom. The Bertz CT molecular complexity index is 817. The van der Waals surface area contributed by atoms with Gasteiger partial charge in [-0.15, -0.1) is 0 Å². The maximum Gasteiger partial charge on any atom is 0.198 e. The van der Waals surface area contributed by atoms with Gasteiger partial charge in [0.05, 0.1) is 12.0 Å². The molecule has 0 spiro atoms. The van der Waals surface area contributed by atoms with Crippen LogP contribution in [0.2, 0.25) is 0 Å². The van der Waals surface area contributed by atoms with Gasteiger partial charge in [-0.1, -0.05) is 91.0 Å². The molecule has 0 bridgehead atoms. The van der Waals surface area contributed by atoms with Gasteiger partial charge in [-0.05, 0) is 23.1 Å². The van der Waals surface area contributed by atoms with Crippen LogP contribution in [-0.4, -0.2) is 19.0 Å². The first-order valence-corrected chi connectivity index (χ1v) is 9.22. The van der Waals surface area contributed by atoms with E-state index < -0.39 is 0 Å². The van der Waals surface area contributed by atoms with Crippen molar-refractivity contribution >= 4 is 5.90 Å². The van der Waals surface area contributed by atoms with Crippen LogP contribution in [0.4, 0.5) is 0 Å². The van der Waals surface area contributed by atoms with Gasteiger partial charge in [0.15, 0.2) is 5.90 Å². The van der Waals surface area contributed by atoms with Gasteiger partial charge in [0.1, 0.15) is 0 Å². The highest BCUT2D eigenvalue weighted by molar-refractivity contribution is 5.93. The molecular formula is C24H23NO. The molecule has 2 nitrogen and oxygen atoms in total. The lowest BCUT2D eigenvalue weighted by Gasteiger charge is -2.28. The highest BCUT2D eigenvalue weighted by Crippen LogP contribution is 2.41. The lowest BCUT2D eigenvalue weighted by molar-refractivity contribution is 0.342. The fraction of sp³-hybridized carbons (Fsp3) is 0.208. The van der Waals surface area contributed by atoms with Crippen molar-refractivity contribution in [2.24, 2.45) is 4.99 Å². The number of hydrogen-bond acceptors (Lipinski definition) is 2. The number of hydrogen-bond donors (Lipinski definition) is 0. The summed E-state index contributed by atoms with van der Waals surface area (Å²) in [7, 11) is 0. The van der Waals surface area contributed by atoms with Crippen LogP contribution < -0.4 is 0 Å². The van der Waals surface area contributed by atoms with Gasteiger partial charge in [-0.25, -0.2) is 0 Å². The van der Waals surface area contributed by atoms with E-state index in [2.05, 4.69) is 84.9 Å². The zero-order valence-corrected chi connectivity index (χ0v) is 14.8. The van der Waals surface area contributed by atoms with E-state index in [1.807, 2.05) is 6.07 Å². The van der Waals surface area contributed by atoms with Crippen LogP contribution in [0.3, 0.4) is 0 Å². The zero-order chi connectivity index (χ0) is 17.7. The minimum atomic E-state index is -0.279. The van der Waals surface area contributed by atoms with Crippen LogP contribution in [0.5, 0.6) is 0 Å². The number of rotatable bonds is 5. The summed E-state index contributed by atoms with van der Waals surface area (Å²) < 4.78 is 6.07. The van der Waals surface area contributed by atoms with Crippen molar-refractivity contribution in [2.75, 3.05) is 13.2 Å². The van der Waals surface area contributed by atoms with Crippen molar-refractivity contribution in [3.63, 3.8) is 0 Å². The van der Waals surface area contributed by atoms with E-state index in [-0.39, 0.29) is 5.41 Å². The SMILES string of the molecule is c1ccc(CCN=C2OCCC2(c2ccccc2)c2ccccc2)cc1. The van der Waals surface area contributed by atoms with Crippen LogP contribution in [0.25, 0.3) is 0 Å². The second kappa shape index (κ2) is 7.57. The molecule has 4 rings (SSSR count). The summed E-state index contributed by atoms with van der Waals surface area (Å²) in [4.78, 5) is 4.92. The molecule has 130 valence electrons. The second-order valence-electron chi connectivity index (χ2n) is 6.66. The topological polar surface area (TPSA) is 21.6 Å². The van der Waals surface area contributed by atoms with E-state index in [0.717, 1.165) is 25.3 Å². The van der Waals surface area contributed by atoms with E-state index >= 15 is 0 Å². The Labute approximate surface area is 155 Å². The third-order valence-electron chi connectivity index (χ3n) is 5.11. The van der Waals surface area contributed by atoms with Crippen molar-refractivity contribution in [1.82, 2.24) is 0 Å². The summed E-state index contributed by atoms with van der Waals surface area (Å²) in [5, 5.41) is 0. The normalized spacial score (nSPS) is 17.2. The lowest BCUT2D eigenvalue weighted by Crippen LogP contribution is -2.33. The third kappa shape index (κ3) is 3.15. The number of benzene rings is 3. The number of ether oxygens (including phenoxy) is 1. The predicted molar refractivity (Wildman–Crippen MR) is 107 cm³/mol. The second-order valence-corrected chi connectivity index (χ2v) is 6.66. The standard InChI is InChI=1S/C24H23NO/c1-4-10-20(11-5-1)16-18-25-23-24(17-19-26-23,21-12-6-2-7-13-21)22-14-8-3-9-15-22/h1-15H,16-19H2. The van der Waals surface area contributed by atoms with Crippen LogP contribution in [-0.2, 0) is 16.6 Å². The minimum absolute atomic E-state index is 0.279. The van der Waals surface area contributed by atoms with Crippen molar-refractivity contribution in [1.29, 1.82) is 0 Å². The lowest BCUT2D eigenvalue weighted by atomic mass is 9.73. The molecule has 0 saturated carbocycles. The maximum atomic E-state index is 6.07. The molecule has 0 aromatic heterocycles. The Morgan fingerprint density at radius 3 is 1.85 bits per heavy atom.